The number of carbonyl (C=O) groups is 1. The van der Waals surface area contributed by atoms with E-state index >= 15 is 0 Å². The summed E-state index contributed by atoms with van der Waals surface area (Å²) in [6.45, 7) is 3.82. The number of nitro benzene ring substituents is 1. The Hall–Kier alpha value is -2.81. The van der Waals surface area contributed by atoms with Crippen molar-refractivity contribution in [3.8, 4) is 0 Å². The zero-order valence-corrected chi connectivity index (χ0v) is 18.0. The third-order valence-electron chi connectivity index (χ3n) is 6.52. The molecule has 2 atom stereocenters. The molecule has 31 heavy (non-hydrogen) atoms. The molecule has 0 spiro atoms. The number of pyridine rings is 1. The molecule has 3 aliphatic rings. The number of fused-ring (bicyclic) bond motifs is 3. The molecule has 9 heteroatoms. The molecule has 1 aromatic heterocycles. The average molecular weight is 440 g/mol. The molecule has 3 aliphatic heterocycles. The minimum Gasteiger partial charge on any atom is -0.364 e. The maximum atomic E-state index is 13.6. The highest BCUT2D eigenvalue weighted by atomic mass is 32.2. The quantitative estimate of drug-likeness (QED) is 0.537. The van der Waals surface area contributed by atoms with E-state index in [-0.39, 0.29) is 28.5 Å². The van der Waals surface area contributed by atoms with Crippen LogP contribution in [0, 0.1) is 16.0 Å². The van der Waals surface area contributed by atoms with Crippen LogP contribution in [0.1, 0.15) is 5.56 Å². The van der Waals surface area contributed by atoms with Crippen LogP contribution in [0.5, 0.6) is 0 Å². The highest BCUT2D eigenvalue weighted by Gasteiger charge is 2.43. The summed E-state index contributed by atoms with van der Waals surface area (Å²) in [5.41, 5.74) is 2.01. The first kappa shape index (κ1) is 20.1. The number of aromatic nitrogens is 1. The van der Waals surface area contributed by atoms with Crippen LogP contribution in [-0.2, 0) is 11.2 Å². The monoisotopic (exact) mass is 439 g/mol. The first-order valence-corrected chi connectivity index (χ1v) is 11.8. The minimum absolute atomic E-state index is 0.0202. The Morgan fingerprint density at radius 2 is 1.97 bits per heavy atom. The van der Waals surface area contributed by atoms with Crippen LogP contribution >= 0.6 is 11.8 Å². The van der Waals surface area contributed by atoms with Crippen LogP contribution in [0.4, 0.5) is 17.2 Å². The largest absolute Gasteiger partial charge is 0.364 e. The number of nitrogens with zero attached hydrogens (tertiary/aromatic N) is 5. The van der Waals surface area contributed by atoms with E-state index in [1.165, 1.54) is 0 Å². The van der Waals surface area contributed by atoms with E-state index in [4.69, 9.17) is 0 Å². The van der Waals surface area contributed by atoms with Crippen molar-refractivity contribution in [1.82, 2.24) is 9.88 Å². The molecule has 0 bridgehead atoms. The molecular formula is C22H25N5O3S. The van der Waals surface area contributed by atoms with Gasteiger partial charge in [0.25, 0.3) is 5.69 Å². The van der Waals surface area contributed by atoms with E-state index < -0.39 is 0 Å². The molecule has 1 aromatic carbocycles. The molecule has 2 saturated heterocycles. The SMILES string of the molecule is O=C(C1Cc2cc([N+](=O)[O-])ccc2N2CCN(c3ccccn3)CC12)N1CCSCC1. The molecule has 0 radical (unpaired) electrons. The molecule has 1 amide bonds. The summed E-state index contributed by atoms with van der Waals surface area (Å²) in [7, 11) is 0. The van der Waals surface area contributed by atoms with Crippen molar-refractivity contribution in [1.29, 1.82) is 0 Å². The van der Waals surface area contributed by atoms with Crippen LogP contribution in [0.25, 0.3) is 0 Å². The second-order valence-corrected chi connectivity index (χ2v) is 9.44. The molecule has 0 aliphatic carbocycles. The summed E-state index contributed by atoms with van der Waals surface area (Å²) in [5, 5.41) is 11.3. The molecule has 162 valence electrons. The number of anilines is 2. The minimum atomic E-state index is -0.357. The van der Waals surface area contributed by atoms with Crippen molar-refractivity contribution in [3.63, 3.8) is 0 Å². The van der Waals surface area contributed by atoms with Crippen LogP contribution in [0.3, 0.4) is 0 Å². The van der Waals surface area contributed by atoms with Gasteiger partial charge < -0.3 is 14.7 Å². The first-order chi connectivity index (χ1) is 15.1. The van der Waals surface area contributed by atoms with Crippen LogP contribution in [-0.4, -0.2) is 71.0 Å². The zero-order chi connectivity index (χ0) is 21.4. The van der Waals surface area contributed by atoms with Crippen molar-refractivity contribution >= 4 is 34.9 Å². The average Bonchev–Trinajstić information content (AvgIpc) is 2.83. The van der Waals surface area contributed by atoms with Gasteiger partial charge in [-0.15, -0.1) is 0 Å². The van der Waals surface area contributed by atoms with Gasteiger partial charge in [0.2, 0.25) is 5.91 Å². The Kier molecular flexibility index (Phi) is 5.43. The molecule has 4 heterocycles. The van der Waals surface area contributed by atoms with Gasteiger partial charge in [-0.3, -0.25) is 14.9 Å². The normalized spacial score (nSPS) is 23.2. The summed E-state index contributed by atoms with van der Waals surface area (Å²) in [6.07, 6.45) is 2.34. The molecule has 8 nitrogen and oxygen atoms in total. The number of rotatable bonds is 3. The highest BCUT2D eigenvalue weighted by Crippen LogP contribution is 2.39. The summed E-state index contributed by atoms with van der Waals surface area (Å²) in [5.74, 6) is 2.82. The lowest BCUT2D eigenvalue weighted by atomic mass is 9.82. The van der Waals surface area contributed by atoms with Crippen molar-refractivity contribution < 1.29 is 9.72 Å². The number of amides is 1. The molecule has 5 rings (SSSR count). The number of non-ortho nitro benzene ring substituents is 1. The van der Waals surface area contributed by atoms with Crippen LogP contribution < -0.4 is 9.80 Å². The van der Waals surface area contributed by atoms with E-state index in [9.17, 15) is 14.9 Å². The van der Waals surface area contributed by atoms with Gasteiger partial charge in [-0.1, -0.05) is 6.07 Å². The van der Waals surface area contributed by atoms with Gasteiger partial charge >= 0.3 is 0 Å². The molecule has 2 unspecified atom stereocenters. The maximum absolute atomic E-state index is 13.6. The number of piperazine rings is 1. The number of carbonyl (C=O) groups excluding carboxylic acids is 1. The smallest absolute Gasteiger partial charge is 0.269 e. The van der Waals surface area contributed by atoms with E-state index in [2.05, 4.69) is 14.8 Å². The van der Waals surface area contributed by atoms with Crippen LogP contribution in [0.15, 0.2) is 42.6 Å². The Morgan fingerprint density at radius 3 is 2.71 bits per heavy atom. The third-order valence-corrected chi connectivity index (χ3v) is 7.46. The Balaban J connectivity index is 1.49. The lowest BCUT2D eigenvalue weighted by molar-refractivity contribution is -0.384. The van der Waals surface area contributed by atoms with Crippen molar-refractivity contribution in [2.45, 2.75) is 12.5 Å². The number of hydrogen-bond acceptors (Lipinski definition) is 7. The number of thioether (sulfide) groups is 1. The Bertz CT molecular complexity index is 982. The number of hydrogen-bond donors (Lipinski definition) is 0. The van der Waals surface area contributed by atoms with Crippen molar-refractivity contribution in [3.05, 3.63) is 58.3 Å². The van der Waals surface area contributed by atoms with Gasteiger partial charge in [-0.05, 0) is 30.2 Å². The fraction of sp³-hybridized carbons (Fsp3) is 0.455. The zero-order valence-electron chi connectivity index (χ0n) is 17.2. The fourth-order valence-electron chi connectivity index (χ4n) is 4.97. The first-order valence-electron chi connectivity index (χ1n) is 10.7. The Labute approximate surface area is 185 Å². The molecule has 2 fully saturated rings. The standard InChI is InChI=1S/C22H25N5O3S/c28-22(24-9-11-31-12-10-24)18-14-16-13-17(27(29)30)4-5-19(16)26-8-7-25(15-20(18)26)21-3-1-2-6-23-21/h1-6,13,18,20H,7-12,14-15H2. The maximum Gasteiger partial charge on any atom is 0.269 e. The molecule has 2 aromatic rings. The second-order valence-electron chi connectivity index (χ2n) is 8.21. The van der Waals surface area contributed by atoms with Gasteiger partial charge in [-0.2, -0.15) is 11.8 Å². The molecule has 0 N–H and O–H groups in total. The van der Waals surface area contributed by atoms with E-state index in [1.807, 2.05) is 40.9 Å². The van der Waals surface area contributed by atoms with E-state index in [1.54, 1.807) is 18.3 Å². The second kappa shape index (κ2) is 8.37. The number of benzene rings is 1. The summed E-state index contributed by atoms with van der Waals surface area (Å²) in [6, 6.07) is 11.0. The van der Waals surface area contributed by atoms with E-state index in [0.29, 0.717) is 13.0 Å². The third kappa shape index (κ3) is 3.82. The number of nitro groups is 1. The molecule has 0 saturated carbocycles. The summed E-state index contributed by atoms with van der Waals surface area (Å²) < 4.78 is 0. The topological polar surface area (TPSA) is 82.8 Å². The lowest BCUT2D eigenvalue weighted by Crippen LogP contribution is -2.62. The van der Waals surface area contributed by atoms with Gasteiger partial charge in [0.15, 0.2) is 0 Å². The van der Waals surface area contributed by atoms with Gasteiger partial charge in [0.05, 0.1) is 16.9 Å². The summed E-state index contributed by atoms with van der Waals surface area (Å²) in [4.78, 5) is 35.6. The van der Waals surface area contributed by atoms with E-state index in [0.717, 1.165) is 54.8 Å². The Morgan fingerprint density at radius 1 is 1.13 bits per heavy atom. The van der Waals surface area contributed by atoms with Gasteiger partial charge in [-0.25, -0.2) is 4.98 Å². The summed E-state index contributed by atoms with van der Waals surface area (Å²) >= 11 is 1.88. The van der Waals surface area contributed by atoms with Crippen molar-refractivity contribution in [2.24, 2.45) is 5.92 Å². The van der Waals surface area contributed by atoms with Crippen LogP contribution in [0.2, 0.25) is 0 Å². The molecular weight excluding hydrogens is 414 g/mol. The predicted molar refractivity (Wildman–Crippen MR) is 122 cm³/mol. The highest BCUT2D eigenvalue weighted by molar-refractivity contribution is 7.99. The van der Waals surface area contributed by atoms with Gasteiger partial charge in [0, 0.05) is 68.2 Å². The van der Waals surface area contributed by atoms with Crippen molar-refractivity contribution in [2.75, 3.05) is 54.0 Å². The van der Waals surface area contributed by atoms with Gasteiger partial charge in [0.1, 0.15) is 5.82 Å². The predicted octanol–water partition coefficient (Wildman–Crippen LogP) is 2.43. The lowest BCUT2D eigenvalue weighted by Gasteiger charge is -2.50. The fourth-order valence-corrected chi connectivity index (χ4v) is 5.88.